The molecule has 0 aliphatic carbocycles. The van der Waals surface area contributed by atoms with Crippen molar-refractivity contribution >= 4 is 0 Å². The molecule has 3 rings (SSSR count). The van der Waals surface area contributed by atoms with E-state index in [-0.39, 0.29) is 0 Å². The van der Waals surface area contributed by atoms with Crippen molar-refractivity contribution in [3.63, 3.8) is 0 Å². The molecule has 0 unspecified atom stereocenters. The number of benzene rings is 1. The van der Waals surface area contributed by atoms with Crippen molar-refractivity contribution < 1.29 is 4.68 Å². The van der Waals surface area contributed by atoms with E-state index in [1.807, 2.05) is 0 Å². The van der Waals surface area contributed by atoms with Gasteiger partial charge in [-0.1, -0.05) is 45.9 Å². The molecule has 0 radical (unpaired) electrons. The number of aromatic nitrogens is 3. The Bertz CT molecular complexity index is 824. The van der Waals surface area contributed by atoms with E-state index < -0.39 is 0 Å². The Labute approximate surface area is 145 Å². The lowest BCUT2D eigenvalue weighted by molar-refractivity contribution is -0.744. The van der Waals surface area contributed by atoms with Crippen LogP contribution in [0.1, 0.15) is 56.2 Å². The Hall–Kier alpha value is -2.29. The summed E-state index contributed by atoms with van der Waals surface area (Å²) in [6.07, 6.45) is 6.40. The van der Waals surface area contributed by atoms with Crippen LogP contribution >= 0.6 is 0 Å². The highest BCUT2D eigenvalue weighted by atomic mass is 15.4. The number of aryl methyl sites for hydroxylation is 2. The van der Waals surface area contributed by atoms with Gasteiger partial charge in [0.1, 0.15) is 0 Å². The van der Waals surface area contributed by atoms with E-state index in [2.05, 4.69) is 105 Å². The van der Waals surface area contributed by atoms with Crippen molar-refractivity contribution in [2.24, 2.45) is 7.05 Å². The molecular weight excluding hydrogens is 294 g/mol. The van der Waals surface area contributed by atoms with Gasteiger partial charge in [0.15, 0.2) is 19.1 Å². The van der Waals surface area contributed by atoms with Crippen LogP contribution < -0.4 is 4.68 Å². The Morgan fingerprint density at radius 3 is 2.00 bits per heavy atom. The normalized spacial score (nSPS) is 11.7. The Kier molecular flexibility index (Phi) is 4.35. The minimum Gasteiger partial charge on any atom is -0.298 e. The molecule has 0 bridgehead atoms. The van der Waals surface area contributed by atoms with Gasteiger partial charge in [-0.05, 0) is 41.5 Å². The van der Waals surface area contributed by atoms with Crippen molar-refractivity contribution in [2.75, 3.05) is 0 Å². The predicted octanol–water partition coefficient (Wildman–Crippen LogP) is 4.65. The molecule has 0 aliphatic heterocycles. The maximum atomic E-state index is 2.36. The van der Waals surface area contributed by atoms with E-state index in [1.165, 1.54) is 28.2 Å². The molecule has 0 N–H and O–H groups in total. The van der Waals surface area contributed by atoms with Crippen LogP contribution in [-0.2, 0) is 7.05 Å². The average molecular weight is 322 g/mol. The molecule has 0 saturated carbocycles. The first-order valence-corrected chi connectivity index (χ1v) is 8.76. The zero-order chi connectivity index (χ0) is 17.4. The quantitative estimate of drug-likeness (QED) is 0.621. The highest BCUT2D eigenvalue weighted by molar-refractivity contribution is 5.55. The summed E-state index contributed by atoms with van der Waals surface area (Å²) in [5, 5.41) is 0. The predicted molar refractivity (Wildman–Crippen MR) is 99.2 cm³/mol. The van der Waals surface area contributed by atoms with E-state index in [1.54, 1.807) is 0 Å². The molecule has 3 nitrogen and oxygen atoms in total. The average Bonchev–Trinajstić information content (AvgIpc) is 3.11. The molecule has 3 aromatic rings. The van der Waals surface area contributed by atoms with Gasteiger partial charge in [0.25, 0.3) is 0 Å². The third-order valence-corrected chi connectivity index (χ3v) is 4.72. The Morgan fingerprint density at radius 1 is 0.875 bits per heavy atom. The van der Waals surface area contributed by atoms with Gasteiger partial charge in [-0.3, -0.25) is 4.57 Å². The van der Waals surface area contributed by atoms with E-state index in [0.29, 0.717) is 11.8 Å². The van der Waals surface area contributed by atoms with Crippen LogP contribution in [0.5, 0.6) is 0 Å². The zero-order valence-corrected chi connectivity index (χ0v) is 15.6. The smallest absolute Gasteiger partial charge is 0.195 e. The number of hydrogen-bond acceptors (Lipinski definition) is 0. The van der Waals surface area contributed by atoms with Gasteiger partial charge in [-0.25, -0.2) is 0 Å². The van der Waals surface area contributed by atoms with Crippen LogP contribution in [0, 0.1) is 6.92 Å². The second kappa shape index (κ2) is 6.31. The lowest BCUT2D eigenvalue weighted by atomic mass is 9.92. The monoisotopic (exact) mass is 322 g/mol. The molecule has 2 heterocycles. The molecule has 0 atom stereocenters. The third-order valence-electron chi connectivity index (χ3n) is 4.72. The lowest BCUT2D eigenvalue weighted by Gasteiger charge is -2.22. The van der Waals surface area contributed by atoms with Crippen LogP contribution in [-0.4, -0.2) is 9.25 Å². The van der Waals surface area contributed by atoms with Crippen molar-refractivity contribution in [3.05, 3.63) is 65.6 Å². The molecular formula is C21H28N3+. The SMILES string of the molecule is Cc1ccn(-c2c(C(C)C)cccc2C(C)C)c1-n1ccc[n+]1C. The standard InChI is InChI=1S/C21H28N3/c1-15(2)18-9-7-10-19(16(3)4)20(18)23-14-11-17(5)21(23)24-13-8-12-22(24)6/h7-16H,1-6H3/q+1. The van der Waals surface area contributed by atoms with Gasteiger partial charge in [-0.15, -0.1) is 9.36 Å². The van der Waals surface area contributed by atoms with Gasteiger partial charge in [-0.2, -0.15) is 0 Å². The molecule has 0 amide bonds. The van der Waals surface area contributed by atoms with Crippen LogP contribution in [0.4, 0.5) is 0 Å². The third kappa shape index (κ3) is 2.68. The van der Waals surface area contributed by atoms with Crippen molar-refractivity contribution in [1.29, 1.82) is 0 Å². The topological polar surface area (TPSA) is 13.7 Å². The van der Waals surface area contributed by atoms with E-state index in [4.69, 9.17) is 0 Å². The van der Waals surface area contributed by atoms with E-state index in [0.717, 1.165) is 0 Å². The largest absolute Gasteiger partial charge is 0.298 e. The Balaban J connectivity index is 2.34. The van der Waals surface area contributed by atoms with Crippen LogP contribution in [0.15, 0.2) is 48.9 Å². The highest BCUT2D eigenvalue weighted by Gasteiger charge is 2.21. The summed E-state index contributed by atoms with van der Waals surface area (Å²) < 4.78 is 6.68. The first kappa shape index (κ1) is 16.6. The second-order valence-corrected chi connectivity index (χ2v) is 7.20. The van der Waals surface area contributed by atoms with Crippen molar-refractivity contribution in [3.8, 4) is 11.5 Å². The van der Waals surface area contributed by atoms with Crippen molar-refractivity contribution in [2.45, 2.75) is 46.5 Å². The first-order chi connectivity index (χ1) is 11.4. The summed E-state index contributed by atoms with van der Waals surface area (Å²) in [6, 6.07) is 11.0. The molecule has 0 aliphatic rings. The number of rotatable bonds is 4. The number of para-hydroxylation sites is 1. The van der Waals surface area contributed by atoms with Crippen LogP contribution in [0.2, 0.25) is 0 Å². The van der Waals surface area contributed by atoms with Crippen LogP contribution in [0.25, 0.3) is 11.5 Å². The highest BCUT2D eigenvalue weighted by Crippen LogP contribution is 2.33. The van der Waals surface area contributed by atoms with Crippen LogP contribution in [0.3, 0.4) is 0 Å². The maximum Gasteiger partial charge on any atom is 0.195 e. The molecule has 0 saturated heterocycles. The lowest BCUT2D eigenvalue weighted by Crippen LogP contribution is -2.38. The first-order valence-electron chi connectivity index (χ1n) is 8.76. The fourth-order valence-corrected chi connectivity index (χ4v) is 3.42. The van der Waals surface area contributed by atoms with Crippen molar-refractivity contribution in [1.82, 2.24) is 9.25 Å². The molecule has 3 heteroatoms. The number of nitrogens with zero attached hydrogens (tertiary/aromatic N) is 3. The summed E-state index contributed by atoms with van der Waals surface area (Å²) in [5.41, 5.74) is 5.40. The minimum atomic E-state index is 0.479. The number of hydrogen-bond donors (Lipinski definition) is 0. The van der Waals surface area contributed by atoms with Gasteiger partial charge in [0.05, 0.1) is 11.9 Å². The minimum absolute atomic E-state index is 0.479. The molecule has 126 valence electrons. The van der Waals surface area contributed by atoms with E-state index >= 15 is 0 Å². The zero-order valence-electron chi connectivity index (χ0n) is 15.6. The van der Waals surface area contributed by atoms with Gasteiger partial charge < -0.3 is 0 Å². The van der Waals surface area contributed by atoms with E-state index in [9.17, 15) is 0 Å². The fourth-order valence-electron chi connectivity index (χ4n) is 3.42. The maximum absolute atomic E-state index is 2.36. The molecule has 1 aromatic carbocycles. The van der Waals surface area contributed by atoms with Gasteiger partial charge >= 0.3 is 0 Å². The summed E-state index contributed by atoms with van der Waals surface area (Å²) in [7, 11) is 2.08. The summed E-state index contributed by atoms with van der Waals surface area (Å²) in [5.74, 6) is 2.16. The second-order valence-electron chi connectivity index (χ2n) is 7.20. The van der Waals surface area contributed by atoms with Gasteiger partial charge in [0.2, 0.25) is 0 Å². The fraction of sp³-hybridized carbons (Fsp3) is 0.381. The molecule has 2 aromatic heterocycles. The molecule has 0 spiro atoms. The molecule has 0 fully saturated rings. The summed E-state index contributed by atoms with van der Waals surface area (Å²) in [4.78, 5) is 0. The molecule has 24 heavy (non-hydrogen) atoms. The Morgan fingerprint density at radius 2 is 1.50 bits per heavy atom. The summed E-state index contributed by atoms with van der Waals surface area (Å²) >= 11 is 0. The summed E-state index contributed by atoms with van der Waals surface area (Å²) in [6.45, 7) is 11.3. The van der Waals surface area contributed by atoms with Gasteiger partial charge in [0, 0.05) is 12.3 Å².